The molecule has 1 aromatic rings. The summed E-state index contributed by atoms with van der Waals surface area (Å²) in [6.07, 6.45) is 0. The summed E-state index contributed by atoms with van der Waals surface area (Å²) in [4.78, 5) is 11.3. The molecule has 6 heteroatoms. The van der Waals surface area contributed by atoms with Crippen molar-refractivity contribution in [2.75, 3.05) is 24.7 Å². The molecule has 0 spiro atoms. The number of carbonyl (C=O) groups is 1. The first kappa shape index (κ1) is 13.8. The van der Waals surface area contributed by atoms with E-state index in [1.54, 1.807) is 36.0 Å². The van der Waals surface area contributed by atoms with Crippen LogP contribution in [0.1, 0.15) is 10.4 Å². The van der Waals surface area contributed by atoms with Gasteiger partial charge in [0, 0.05) is 17.1 Å². The molecule has 1 rings (SSSR count). The van der Waals surface area contributed by atoms with Gasteiger partial charge in [0.25, 0.3) is 5.91 Å². The Morgan fingerprint density at radius 3 is 3.00 bits per heavy atom. The molecule has 1 aromatic carbocycles. The average Bonchev–Trinajstić information content (AvgIpc) is 2.38. The smallest absolute Gasteiger partial charge is 0.265 e. The number of hydrogen-bond acceptors (Lipinski definition) is 5. The topological polar surface area (TPSA) is 84.6 Å². The third-order valence-electron chi connectivity index (χ3n) is 1.96. The number of thioether (sulfide) groups is 1. The van der Waals surface area contributed by atoms with Gasteiger partial charge in [-0.2, -0.15) is 11.8 Å². The van der Waals surface area contributed by atoms with Crippen molar-refractivity contribution in [3.63, 3.8) is 0 Å². The van der Waals surface area contributed by atoms with Crippen molar-refractivity contribution in [2.45, 2.75) is 0 Å². The minimum atomic E-state index is -0.342. The van der Waals surface area contributed by atoms with E-state index in [9.17, 15) is 4.79 Å². The fraction of sp³-hybridized carbons (Fsp3) is 0.364. The summed E-state index contributed by atoms with van der Waals surface area (Å²) in [7, 11) is 0. The molecule has 0 atom stereocenters. The van der Waals surface area contributed by atoms with Crippen molar-refractivity contribution in [3.05, 3.63) is 29.8 Å². The van der Waals surface area contributed by atoms with Gasteiger partial charge in [0.05, 0.1) is 13.2 Å². The summed E-state index contributed by atoms with van der Waals surface area (Å²) in [6.45, 7) is 0.717. The molecule has 0 bridgehead atoms. The fourth-order valence-electron chi connectivity index (χ4n) is 1.20. The van der Waals surface area contributed by atoms with Crippen LogP contribution in [0.15, 0.2) is 24.3 Å². The second-order valence-electron chi connectivity index (χ2n) is 3.19. The van der Waals surface area contributed by atoms with Crippen molar-refractivity contribution in [3.8, 4) is 5.75 Å². The van der Waals surface area contributed by atoms with Crippen molar-refractivity contribution in [1.29, 1.82) is 0 Å². The normalized spacial score (nSPS) is 10.0. The Kier molecular flexibility index (Phi) is 6.46. The highest BCUT2D eigenvalue weighted by Gasteiger charge is 2.04. The Morgan fingerprint density at radius 1 is 1.47 bits per heavy atom. The van der Waals surface area contributed by atoms with E-state index in [1.165, 1.54) is 0 Å². The molecule has 0 aromatic heterocycles. The SMILES string of the molecule is NNC(=O)c1cccc(OCCSCCO)c1. The van der Waals surface area contributed by atoms with Gasteiger partial charge in [0.1, 0.15) is 5.75 Å². The summed E-state index contributed by atoms with van der Waals surface area (Å²) in [5.74, 6) is 6.84. The monoisotopic (exact) mass is 256 g/mol. The maximum atomic E-state index is 11.3. The van der Waals surface area contributed by atoms with E-state index in [0.717, 1.165) is 5.75 Å². The number of hydrazine groups is 1. The van der Waals surface area contributed by atoms with E-state index in [4.69, 9.17) is 15.7 Å². The van der Waals surface area contributed by atoms with Crippen LogP contribution in [-0.4, -0.2) is 35.7 Å². The number of aliphatic hydroxyl groups excluding tert-OH is 1. The quantitative estimate of drug-likeness (QED) is 0.284. The molecule has 5 nitrogen and oxygen atoms in total. The van der Waals surface area contributed by atoms with E-state index in [-0.39, 0.29) is 12.5 Å². The van der Waals surface area contributed by atoms with E-state index in [0.29, 0.717) is 23.7 Å². The maximum absolute atomic E-state index is 11.3. The Balaban J connectivity index is 2.40. The largest absolute Gasteiger partial charge is 0.493 e. The lowest BCUT2D eigenvalue weighted by atomic mass is 10.2. The van der Waals surface area contributed by atoms with Crippen LogP contribution in [0.25, 0.3) is 0 Å². The van der Waals surface area contributed by atoms with Crippen LogP contribution < -0.4 is 16.0 Å². The molecule has 0 aliphatic heterocycles. The third-order valence-corrected chi connectivity index (χ3v) is 2.89. The van der Waals surface area contributed by atoms with Crippen LogP contribution in [0.4, 0.5) is 0 Å². The van der Waals surface area contributed by atoms with Gasteiger partial charge < -0.3 is 9.84 Å². The number of rotatable bonds is 7. The highest BCUT2D eigenvalue weighted by molar-refractivity contribution is 7.99. The van der Waals surface area contributed by atoms with Gasteiger partial charge in [0.2, 0.25) is 0 Å². The Labute approximate surface area is 104 Å². The number of nitrogens with one attached hydrogen (secondary N) is 1. The standard InChI is InChI=1S/C11H16N2O3S/c12-13-11(15)9-2-1-3-10(8-9)16-5-7-17-6-4-14/h1-3,8,14H,4-7,12H2,(H,13,15). The van der Waals surface area contributed by atoms with Crippen molar-refractivity contribution in [2.24, 2.45) is 5.84 Å². The van der Waals surface area contributed by atoms with E-state index < -0.39 is 0 Å². The molecule has 0 unspecified atom stereocenters. The lowest BCUT2D eigenvalue weighted by molar-refractivity contribution is 0.0953. The molecule has 0 saturated carbocycles. The van der Waals surface area contributed by atoms with Gasteiger partial charge >= 0.3 is 0 Å². The molecule has 0 heterocycles. The number of amides is 1. The average molecular weight is 256 g/mol. The van der Waals surface area contributed by atoms with Gasteiger partial charge in [-0.1, -0.05) is 6.07 Å². The molecule has 0 radical (unpaired) electrons. The first-order valence-corrected chi connectivity index (χ1v) is 6.36. The van der Waals surface area contributed by atoms with Crippen molar-refractivity contribution >= 4 is 17.7 Å². The molecule has 1 amide bonds. The van der Waals surface area contributed by atoms with Gasteiger partial charge in [-0.05, 0) is 18.2 Å². The first-order chi connectivity index (χ1) is 8.27. The lowest BCUT2D eigenvalue weighted by Gasteiger charge is -2.07. The molecule has 0 aliphatic rings. The van der Waals surface area contributed by atoms with Crippen LogP contribution >= 0.6 is 11.8 Å². The number of carbonyl (C=O) groups excluding carboxylic acids is 1. The number of ether oxygens (including phenoxy) is 1. The number of nitrogens with two attached hydrogens (primary N) is 1. The molecular formula is C11H16N2O3S. The second kappa shape index (κ2) is 7.94. The number of hydrogen-bond donors (Lipinski definition) is 3. The maximum Gasteiger partial charge on any atom is 0.265 e. The summed E-state index contributed by atoms with van der Waals surface area (Å²) in [6, 6.07) is 6.82. The van der Waals surface area contributed by atoms with Crippen LogP contribution in [0.5, 0.6) is 5.75 Å². The van der Waals surface area contributed by atoms with Gasteiger partial charge in [-0.15, -0.1) is 0 Å². The van der Waals surface area contributed by atoms with Crippen molar-refractivity contribution in [1.82, 2.24) is 5.43 Å². The zero-order chi connectivity index (χ0) is 12.5. The lowest BCUT2D eigenvalue weighted by Crippen LogP contribution is -2.29. The summed E-state index contributed by atoms with van der Waals surface area (Å²) in [5.41, 5.74) is 2.53. The Bertz CT molecular complexity index is 360. The van der Waals surface area contributed by atoms with Gasteiger partial charge in [-0.25, -0.2) is 5.84 Å². The van der Waals surface area contributed by atoms with Crippen molar-refractivity contribution < 1.29 is 14.6 Å². The third kappa shape index (κ3) is 5.08. The summed E-state index contributed by atoms with van der Waals surface area (Å²) < 4.78 is 5.46. The second-order valence-corrected chi connectivity index (χ2v) is 4.41. The predicted molar refractivity (Wildman–Crippen MR) is 68.0 cm³/mol. The van der Waals surface area contributed by atoms with Crippen LogP contribution in [-0.2, 0) is 0 Å². The van der Waals surface area contributed by atoms with E-state index >= 15 is 0 Å². The number of nitrogen functional groups attached to an aromatic ring is 1. The van der Waals surface area contributed by atoms with E-state index in [2.05, 4.69) is 5.43 Å². The summed E-state index contributed by atoms with van der Waals surface area (Å²) in [5, 5.41) is 8.59. The minimum Gasteiger partial charge on any atom is -0.493 e. The summed E-state index contributed by atoms with van der Waals surface area (Å²) >= 11 is 1.61. The Morgan fingerprint density at radius 2 is 2.29 bits per heavy atom. The highest BCUT2D eigenvalue weighted by atomic mass is 32.2. The predicted octanol–water partition coefficient (Wildman–Crippen LogP) is 0.394. The van der Waals surface area contributed by atoms with Gasteiger partial charge in [0.15, 0.2) is 0 Å². The molecule has 17 heavy (non-hydrogen) atoms. The highest BCUT2D eigenvalue weighted by Crippen LogP contribution is 2.13. The zero-order valence-electron chi connectivity index (χ0n) is 9.39. The first-order valence-electron chi connectivity index (χ1n) is 5.20. The van der Waals surface area contributed by atoms with E-state index in [1.807, 2.05) is 0 Å². The molecule has 0 aliphatic carbocycles. The molecule has 0 saturated heterocycles. The number of aliphatic hydroxyl groups is 1. The zero-order valence-corrected chi connectivity index (χ0v) is 10.2. The fourth-order valence-corrected chi connectivity index (χ4v) is 1.73. The molecule has 0 fully saturated rings. The molecular weight excluding hydrogens is 240 g/mol. The molecule has 94 valence electrons. The molecule has 4 N–H and O–H groups in total. The van der Waals surface area contributed by atoms with Gasteiger partial charge in [-0.3, -0.25) is 10.2 Å². The van der Waals surface area contributed by atoms with Crippen LogP contribution in [0, 0.1) is 0 Å². The minimum absolute atomic E-state index is 0.177. The van der Waals surface area contributed by atoms with Crippen LogP contribution in [0.3, 0.4) is 0 Å². The Hall–Kier alpha value is -1.24. The van der Waals surface area contributed by atoms with Crippen LogP contribution in [0.2, 0.25) is 0 Å². The number of benzene rings is 1.